The number of benzene rings is 1. The number of carbonyl (C=O) groups excluding carboxylic acids is 3. The summed E-state index contributed by atoms with van der Waals surface area (Å²) in [4.78, 5) is 45.7. The molecule has 1 fully saturated rings. The first-order valence-electron chi connectivity index (χ1n) is 14.2. The molecule has 0 bridgehead atoms. The quantitative estimate of drug-likeness (QED) is 0.476. The van der Waals surface area contributed by atoms with Gasteiger partial charge in [-0.2, -0.15) is 5.10 Å². The Morgan fingerprint density at radius 1 is 1.00 bits per heavy atom. The van der Waals surface area contributed by atoms with Crippen LogP contribution in [0, 0.1) is 0 Å². The number of amidine groups is 1. The Morgan fingerprint density at radius 3 is 2.30 bits per heavy atom. The van der Waals surface area contributed by atoms with E-state index < -0.39 is 17.3 Å². The van der Waals surface area contributed by atoms with Crippen molar-refractivity contribution in [2.24, 2.45) is 10.1 Å². The van der Waals surface area contributed by atoms with Crippen molar-refractivity contribution in [3.05, 3.63) is 47.8 Å². The van der Waals surface area contributed by atoms with Crippen molar-refractivity contribution in [1.29, 1.82) is 0 Å². The van der Waals surface area contributed by atoms with E-state index in [0.717, 1.165) is 32.7 Å². The average molecular weight is 612 g/mol. The van der Waals surface area contributed by atoms with E-state index in [4.69, 9.17) is 19.6 Å². The fourth-order valence-electron chi connectivity index (χ4n) is 4.33. The summed E-state index contributed by atoms with van der Waals surface area (Å²) in [5.74, 6) is 0.472. The topological polar surface area (TPSA) is 128 Å². The zero-order valence-corrected chi connectivity index (χ0v) is 26.8. The number of nitrogens with zero attached hydrogens (tertiary/aromatic N) is 5. The maximum atomic E-state index is 12.6. The molecule has 13 heteroatoms. The predicted molar refractivity (Wildman–Crippen MR) is 170 cm³/mol. The fraction of sp³-hybridized carbons (Fsp3) is 0.500. The number of fused-ring (bicyclic) bond motifs is 1. The van der Waals surface area contributed by atoms with Gasteiger partial charge in [0, 0.05) is 37.4 Å². The number of rotatable bonds is 6. The van der Waals surface area contributed by atoms with Crippen LogP contribution in [0.1, 0.15) is 59.6 Å². The van der Waals surface area contributed by atoms with Crippen LogP contribution in [0.2, 0.25) is 0 Å². The Kier molecular flexibility index (Phi) is 9.43. The number of allylic oxidation sites excluding steroid dienone is 1. The van der Waals surface area contributed by atoms with E-state index in [1.807, 2.05) is 57.0 Å². The molecule has 232 valence electrons. The summed E-state index contributed by atoms with van der Waals surface area (Å²) in [5.41, 5.74) is 1.87. The number of thioether (sulfide) groups is 1. The van der Waals surface area contributed by atoms with Crippen LogP contribution in [0.4, 0.5) is 15.3 Å². The molecule has 0 atom stereocenters. The van der Waals surface area contributed by atoms with Gasteiger partial charge in [-0.3, -0.25) is 4.79 Å². The molecule has 2 N–H and O–H groups in total. The van der Waals surface area contributed by atoms with Crippen LogP contribution in [0.3, 0.4) is 0 Å². The molecule has 0 radical (unpaired) electrons. The fourth-order valence-corrected chi connectivity index (χ4v) is 5.23. The van der Waals surface area contributed by atoms with Gasteiger partial charge in [-0.1, -0.05) is 12.2 Å². The first-order valence-corrected chi connectivity index (χ1v) is 15.0. The number of amides is 3. The highest BCUT2D eigenvalue weighted by atomic mass is 32.2. The average Bonchev–Trinajstić information content (AvgIpc) is 3.33. The van der Waals surface area contributed by atoms with Crippen LogP contribution in [0.5, 0.6) is 0 Å². The summed E-state index contributed by atoms with van der Waals surface area (Å²) in [7, 11) is 0. The predicted octanol–water partition coefficient (Wildman–Crippen LogP) is 4.66. The van der Waals surface area contributed by atoms with E-state index in [2.05, 4.69) is 22.1 Å². The number of ether oxygens (including phenoxy) is 2. The maximum Gasteiger partial charge on any atom is 0.410 e. The van der Waals surface area contributed by atoms with E-state index in [1.54, 1.807) is 25.7 Å². The van der Waals surface area contributed by atoms with Crippen molar-refractivity contribution >= 4 is 51.3 Å². The molecule has 0 aromatic heterocycles. The Balaban J connectivity index is 1.39. The molecule has 3 aliphatic heterocycles. The lowest BCUT2D eigenvalue weighted by molar-refractivity contribution is -0.115. The van der Waals surface area contributed by atoms with Crippen LogP contribution in [-0.2, 0) is 14.3 Å². The number of aliphatic imine (C=N–C) groups is 1. The molecule has 4 rings (SSSR count). The smallest absolute Gasteiger partial charge is 0.410 e. The minimum absolute atomic E-state index is 0.234. The largest absolute Gasteiger partial charge is 0.444 e. The van der Waals surface area contributed by atoms with Gasteiger partial charge in [0.05, 0.1) is 6.54 Å². The molecule has 1 aromatic rings. The van der Waals surface area contributed by atoms with E-state index >= 15 is 0 Å². The number of nitrogens with one attached hydrogen (secondary N) is 2. The van der Waals surface area contributed by atoms with Gasteiger partial charge in [-0.25, -0.2) is 19.6 Å². The van der Waals surface area contributed by atoms with Crippen LogP contribution in [-0.4, -0.2) is 93.6 Å². The number of alkyl carbamates (subject to hydrolysis) is 1. The first kappa shape index (κ1) is 31.9. The monoisotopic (exact) mass is 611 g/mol. The number of piperazine rings is 1. The minimum Gasteiger partial charge on any atom is -0.444 e. The summed E-state index contributed by atoms with van der Waals surface area (Å²) >= 11 is 1.45. The number of carbonyl (C=O) groups is 3. The van der Waals surface area contributed by atoms with Gasteiger partial charge >= 0.3 is 12.2 Å². The molecule has 3 heterocycles. The van der Waals surface area contributed by atoms with Gasteiger partial charge in [0.2, 0.25) is 5.91 Å². The normalized spacial score (nSPS) is 16.9. The maximum absolute atomic E-state index is 12.6. The molecule has 1 saturated heterocycles. The minimum atomic E-state index is -0.661. The SMILES string of the molecule is C=C(C)c1cc(NC(=O)CNC(=O)OC(C)(C)C)cc(C2=NN3CC=C(N4CCN(C(=O)OC(C)(C)C)CC4)N=C3S2)c1. The van der Waals surface area contributed by atoms with E-state index in [9.17, 15) is 14.4 Å². The Labute approximate surface area is 257 Å². The van der Waals surface area contributed by atoms with Crippen molar-refractivity contribution in [1.82, 2.24) is 20.1 Å². The first-order chi connectivity index (χ1) is 20.1. The summed E-state index contributed by atoms with van der Waals surface area (Å²) < 4.78 is 10.7. The highest BCUT2D eigenvalue weighted by Crippen LogP contribution is 2.32. The molecule has 0 saturated carbocycles. The molecule has 43 heavy (non-hydrogen) atoms. The van der Waals surface area contributed by atoms with Gasteiger partial charge in [0.25, 0.3) is 0 Å². The molecule has 3 amide bonds. The second kappa shape index (κ2) is 12.7. The van der Waals surface area contributed by atoms with E-state index in [-0.39, 0.29) is 18.5 Å². The second-order valence-corrected chi connectivity index (χ2v) is 13.4. The molecule has 1 aromatic carbocycles. The highest BCUT2D eigenvalue weighted by Gasteiger charge is 2.31. The molecular weight excluding hydrogens is 570 g/mol. The number of hydrogen-bond donors (Lipinski definition) is 2. The lowest BCUT2D eigenvalue weighted by Gasteiger charge is -2.37. The Morgan fingerprint density at radius 2 is 1.67 bits per heavy atom. The van der Waals surface area contributed by atoms with Crippen LogP contribution >= 0.6 is 11.8 Å². The van der Waals surface area contributed by atoms with Crippen molar-refractivity contribution in [2.45, 2.75) is 59.7 Å². The third-order valence-electron chi connectivity index (χ3n) is 6.28. The lowest BCUT2D eigenvalue weighted by atomic mass is 10.0. The van der Waals surface area contributed by atoms with Crippen LogP contribution < -0.4 is 10.6 Å². The van der Waals surface area contributed by atoms with Gasteiger partial charge in [0.1, 0.15) is 28.6 Å². The Hall–Kier alpha value is -4.00. The third kappa shape index (κ3) is 8.99. The molecule has 3 aliphatic rings. The summed E-state index contributed by atoms with van der Waals surface area (Å²) in [6.07, 6.45) is 1.08. The molecule has 0 aliphatic carbocycles. The molecular formula is C30H41N7O5S. The van der Waals surface area contributed by atoms with Gasteiger partial charge in [-0.15, -0.1) is 0 Å². The zero-order chi connectivity index (χ0) is 31.5. The number of anilines is 1. The molecule has 12 nitrogen and oxygen atoms in total. The van der Waals surface area contributed by atoms with Gasteiger partial charge in [0.15, 0.2) is 5.17 Å². The van der Waals surface area contributed by atoms with Gasteiger partial charge in [-0.05, 0) is 90.1 Å². The van der Waals surface area contributed by atoms with Crippen molar-refractivity contribution in [3.8, 4) is 0 Å². The van der Waals surface area contributed by atoms with E-state index in [0.29, 0.717) is 38.4 Å². The summed E-state index contributed by atoms with van der Waals surface area (Å²) in [5, 5.41) is 13.4. The van der Waals surface area contributed by atoms with E-state index in [1.165, 1.54) is 11.8 Å². The Bertz CT molecular complexity index is 1380. The van der Waals surface area contributed by atoms with Crippen molar-refractivity contribution in [2.75, 3.05) is 44.6 Å². The van der Waals surface area contributed by atoms with Crippen molar-refractivity contribution in [3.63, 3.8) is 0 Å². The highest BCUT2D eigenvalue weighted by molar-refractivity contribution is 8.27. The molecule has 0 spiro atoms. The number of hydrogen-bond acceptors (Lipinski definition) is 10. The van der Waals surface area contributed by atoms with Crippen LogP contribution in [0.25, 0.3) is 5.57 Å². The summed E-state index contributed by atoms with van der Waals surface area (Å²) in [6, 6.07) is 5.65. The summed E-state index contributed by atoms with van der Waals surface area (Å²) in [6.45, 7) is 19.6. The van der Waals surface area contributed by atoms with Crippen molar-refractivity contribution < 1.29 is 23.9 Å². The lowest BCUT2D eigenvalue weighted by Crippen LogP contribution is -2.49. The van der Waals surface area contributed by atoms with Crippen LogP contribution in [0.15, 0.2) is 46.8 Å². The third-order valence-corrected chi connectivity index (χ3v) is 7.28. The number of hydrazone groups is 1. The standard InChI is InChI=1S/C30H41N7O5S/c1-19(2)20-15-21(17-22(16-20)32-24(38)18-31-27(39)41-29(3,4)5)25-34-37-10-9-23(33-26(37)43-25)35-11-13-36(14-12-35)28(40)42-30(6,7)8/h9,15-17H,1,10-14,18H2,2-8H3,(H,31,39)(H,32,38). The second-order valence-electron chi connectivity index (χ2n) is 12.5. The molecule has 0 unspecified atom stereocenters. The zero-order valence-electron chi connectivity index (χ0n) is 25.9. The van der Waals surface area contributed by atoms with Gasteiger partial charge < -0.3 is 29.9 Å².